The molecule has 1 fully saturated rings. The molecule has 0 spiro atoms. The van der Waals surface area contributed by atoms with Crippen molar-refractivity contribution in [3.8, 4) is 0 Å². The second-order valence-electron chi connectivity index (χ2n) is 9.35. The van der Waals surface area contributed by atoms with Crippen LogP contribution in [0.3, 0.4) is 0 Å². The zero-order valence-corrected chi connectivity index (χ0v) is 21.6. The fourth-order valence-electron chi connectivity index (χ4n) is 4.80. The van der Waals surface area contributed by atoms with Gasteiger partial charge in [0, 0.05) is 67.9 Å². The van der Waals surface area contributed by atoms with Crippen molar-refractivity contribution in [3.63, 3.8) is 0 Å². The molecule has 0 aliphatic carbocycles. The highest BCUT2D eigenvalue weighted by Gasteiger charge is 2.30. The summed E-state index contributed by atoms with van der Waals surface area (Å²) in [4.78, 5) is 40.5. The van der Waals surface area contributed by atoms with Gasteiger partial charge in [-0.15, -0.1) is 0 Å². The van der Waals surface area contributed by atoms with Gasteiger partial charge in [-0.25, -0.2) is 0 Å². The number of amides is 2. The summed E-state index contributed by atoms with van der Waals surface area (Å²) in [5, 5.41) is 17.6. The van der Waals surface area contributed by atoms with Crippen LogP contribution in [0.5, 0.6) is 0 Å². The third-order valence-corrected chi connectivity index (χ3v) is 6.84. The summed E-state index contributed by atoms with van der Waals surface area (Å²) in [5.74, 6) is -0.392. The molecule has 39 heavy (non-hydrogen) atoms. The fraction of sp³-hybridized carbons (Fsp3) is 0.241. The van der Waals surface area contributed by atoms with E-state index in [1.807, 2.05) is 54.6 Å². The van der Waals surface area contributed by atoms with Gasteiger partial charge in [-0.2, -0.15) is 0 Å². The van der Waals surface area contributed by atoms with Crippen molar-refractivity contribution in [2.45, 2.75) is 6.92 Å². The van der Waals surface area contributed by atoms with Crippen molar-refractivity contribution in [3.05, 3.63) is 94.0 Å². The largest absolute Gasteiger partial charge is 0.379 e. The molecule has 200 valence electrons. The topological polar surface area (TPSA) is 117 Å². The van der Waals surface area contributed by atoms with Gasteiger partial charge in [-0.3, -0.25) is 24.6 Å². The van der Waals surface area contributed by atoms with Gasteiger partial charge >= 0.3 is 0 Å². The van der Waals surface area contributed by atoms with Gasteiger partial charge in [0.25, 0.3) is 11.6 Å². The number of ether oxygens (including phenoxy) is 1. The van der Waals surface area contributed by atoms with Crippen LogP contribution in [0.4, 0.5) is 22.7 Å². The molecule has 0 aromatic heterocycles. The number of non-ortho nitro benzene ring substituents is 1. The number of anilines is 3. The number of nitro groups is 1. The molecular formula is C29H29N5O5. The van der Waals surface area contributed by atoms with Crippen molar-refractivity contribution in [2.24, 2.45) is 0 Å². The number of nitro benzene ring substituents is 1. The molecule has 5 rings (SSSR count). The Kier molecular flexibility index (Phi) is 7.67. The number of fused-ring (bicyclic) bond motifs is 1. The molecule has 0 radical (unpaired) electrons. The zero-order chi connectivity index (χ0) is 27.4. The van der Waals surface area contributed by atoms with E-state index in [1.54, 1.807) is 17.9 Å². The highest BCUT2D eigenvalue weighted by Crippen LogP contribution is 2.39. The third-order valence-electron chi connectivity index (χ3n) is 6.84. The molecule has 2 N–H and O–H groups in total. The summed E-state index contributed by atoms with van der Waals surface area (Å²) >= 11 is 0. The minimum Gasteiger partial charge on any atom is -0.379 e. The number of hydrogen-bond donors (Lipinski definition) is 2. The molecule has 3 aromatic rings. The molecule has 10 nitrogen and oxygen atoms in total. The molecule has 2 aliphatic rings. The highest BCUT2D eigenvalue weighted by atomic mass is 16.6. The van der Waals surface area contributed by atoms with E-state index in [2.05, 4.69) is 15.5 Å². The van der Waals surface area contributed by atoms with Gasteiger partial charge in [-0.1, -0.05) is 30.3 Å². The van der Waals surface area contributed by atoms with E-state index in [9.17, 15) is 19.7 Å². The number of rotatable bonds is 8. The summed E-state index contributed by atoms with van der Waals surface area (Å²) in [6.07, 6.45) is 0. The van der Waals surface area contributed by atoms with Crippen molar-refractivity contribution in [1.29, 1.82) is 0 Å². The number of carbonyl (C=O) groups is 2. The Bertz CT molecular complexity index is 1420. The van der Waals surface area contributed by atoms with Crippen molar-refractivity contribution in [1.82, 2.24) is 4.90 Å². The van der Waals surface area contributed by atoms with E-state index in [1.165, 1.54) is 12.1 Å². The number of hydrogen-bond acceptors (Lipinski definition) is 7. The van der Waals surface area contributed by atoms with Gasteiger partial charge in [0.1, 0.15) is 0 Å². The van der Waals surface area contributed by atoms with Crippen LogP contribution < -0.4 is 15.5 Å². The Morgan fingerprint density at radius 1 is 1.08 bits per heavy atom. The smallest absolute Gasteiger partial charge is 0.270 e. The first-order valence-electron chi connectivity index (χ1n) is 12.8. The Hall–Kier alpha value is -4.54. The summed E-state index contributed by atoms with van der Waals surface area (Å²) in [5.41, 5.74) is 3.95. The quantitative estimate of drug-likeness (QED) is 0.256. The van der Waals surface area contributed by atoms with Crippen molar-refractivity contribution >= 4 is 45.8 Å². The molecule has 2 aliphatic heterocycles. The van der Waals surface area contributed by atoms with Crippen LogP contribution in [0.1, 0.15) is 18.1 Å². The first-order valence-corrected chi connectivity index (χ1v) is 12.8. The normalized spacial score (nSPS) is 16.3. The van der Waals surface area contributed by atoms with Gasteiger partial charge < -0.3 is 20.3 Å². The number of nitrogens with zero attached hydrogens (tertiary/aromatic N) is 3. The molecule has 2 heterocycles. The lowest BCUT2D eigenvalue weighted by atomic mass is 9.99. The van der Waals surface area contributed by atoms with E-state index in [0.29, 0.717) is 48.0 Å². The summed E-state index contributed by atoms with van der Waals surface area (Å²) < 4.78 is 5.41. The Labute approximate surface area is 226 Å². The Morgan fingerprint density at radius 3 is 2.46 bits per heavy atom. The van der Waals surface area contributed by atoms with Crippen LogP contribution in [-0.4, -0.2) is 61.0 Å². The predicted molar refractivity (Wildman–Crippen MR) is 150 cm³/mol. The summed E-state index contributed by atoms with van der Waals surface area (Å²) in [6.45, 7) is 5.99. The molecule has 0 saturated carbocycles. The lowest BCUT2D eigenvalue weighted by Crippen LogP contribution is -2.42. The summed E-state index contributed by atoms with van der Waals surface area (Å²) in [6, 6.07) is 21.1. The molecule has 10 heteroatoms. The van der Waals surface area contributed by atoms with E-state index in [-0.39, 0.29) is 17.5 Å². The van der Waals surface area contributed by atoms with Gasteiger partial charge in [0.15, 0.2) is 0 Å². The first kappa shape index (κ1) is 26.1. The Balaban J connectivity index is 1.45. The minimum atomic E-state index is -0.477. The van der Waals surface area contributed by atoms with E-state index >= 15 is 0 Å². The fourth-order valence-corrected chi connectivity index (χ4v) is 4.80. The monoisotopic (exact) mass is 527 g/mol. The standard InChI is InChI=1S/C29H29N5O5/c1-20(35)33(14-13-32-15-17-39-18-16-32)23-9-7-22(8-10-23)30-28(21-5-3-2-4-6-21)27-25-19-24(34(37)38)11-12-26(25)31-29(27)36/h2-12,19,30H,13-18H2,1H3,(H,31,36). The maximum atomic E-state index is 13.1. The van der Waals surface area contributed by atoms with Crippen LogP contribution in [0.2, 0.25) is 0 Å². The average molecular weight is 528 g/mol. The van der Waals surface area contributed by atoms with E-state index in [4.69, 9.17) is 4.74 Å². The van der Waals surface area contributed by atoms with Crippen molar-refractivity contribution < 1.29 is 19.2 Å². The maximum Gasteiger partial charge on any atom is 0.270 e. The maximum absolute atomic E-state index is 13.1. The van der Waals surface area contributed by atoms with Crippen molar-refractivity contribution in [2.75, 3.05) is 54.9 Å². The molecule has 3 aromatic carbocycles. The number of carbonyl (C=O) groups excluding carboxylic acids is 2. The first-order chi connectivity index (χ1) is 18.9. The Morgan fingerprint density at radius 2 is 1.79 bits per heavy atom. The molecule has 1 saturated heterocycles. The van der Waals surface area contributed by atoms with Crippen LogP contribution in [-0.2, 0) is 14.3 Å². The molecule has 0 atom stereocenters. The summed E-state index contributed by atoms with van der Waals surface area (Å²) in [7, 11) is 0. The average Bonchev–Trinajstić information content (AvgIpc) is 3.28. The second kappa shape index (κ2) is 11.5. The molecule has 0 bridgehead atoms. The highest BCUT2D eigenvalue weighted by molar-refractivity contribution is 6.37. The molecular weight excluding hydrogens is 498 g/mol. The zero-order valence-electron chi connectivity index (χ0n) is 21.6. The lowest BCUT2D eigenvalue weighted by molar-refractivity contribution is -0.384. The van der Waals surface area contributed by atoms with Crippen LogP contribution in [0.15, 0.2) is 72.8 Å². The second-order valence-corrected chi connectivity index (χ2v) is 9.35. The third kappa shape index (κ3) is 5.82. The number of morpholine rings is 1. The SMILES string of the molecule is CC(=O)N(CCN1CCOCC1)c1ccc(NC(=C2C(=O)Nc3ccc([N+](=O)[O-])cc32)c2ccccc2)cc1. The van der Waals surface area contributed by atoms with Gasteiger partial charge in [0.05, 0.1) is 29.4 Å². The molecule has 0 unspecified atom stereocenters. The van der Waals surface area contributed by atoms with Crippen LogP contribution in [0, 0.1) is 10.1 Å². The van der Waals surface area contributed by atoms with Crippen LogP contribution in [0.25, 0.3) is 11.3 Å². The molecule has 2 amide bonds. The lowest BCUT2D eigenvalue weighted by Gasteiger charge is -2.29. The minimum absolute atomic E-state index is 0.0445. The number of benzene rings is 3. The predicted octanol–water partition coefficient (Wildman–Crippen LogP) is 4.21. The van der Waals surface area contributed by atoms with Gasteiger partial charge in [-0.05, 0) is 35.9 Å². The van der Waals surface area contributed by atoms with E-state index in [0.717, 1.165) is 30.9 Å². The van der Waals surface area contributed by atoms with Crippen LogP contribution >= 0.6 is 0 Å². The van der Waals surface area contributed by atoms with E-state index < -0.39 is 4.92 Å². The van der Waals surface area contributed by atoms with Gasteiger partial charge in [0.2, 0.25) is 5.91 Å². The number of nitrogens with one attached hydrogen (secondary N) is 2.